The topological polar surface area (TPSA) is 56.1 Å². The lowest BCUT2D eigenvalue weighted by atomic mass is 9.87. The van der Waals surface area contributed by atoms with Crippen LogP contribution < -0.4 is 10.1 Å². The van der Waals surface area contributed by atoms with Gasteiger partial charge in [0.25, 0.3) is 5.91 Å². The summed E-state index contributed by atoms with van der Waals surface area (Å²) in [4.78, 5) is 13.1. The number of nitrogens with zero attached hydrogens (tertiary/aromatic N) is 2. The number of hydrogen-bond acceptors (Lipinski definition) is 3. The molecule has 0 fully saturated rings. The molecule has 4 rings (SSSR count). The zero-order valence-corrected chi connectivity index (χ0v) is 20.9. The van der Waals surface area contributed by atoms with Crippen LogP contribution in [0.25, 0.3) is 16.9 Å². The molecule has 0 saturated heterocycles. The van der Waals surface area contributed by atoms with Gasteiger partial charge in [-0.2, -0.15) is 5.10 Å². The van der Waals surface area contributed by atoms with E-state index in [0.29, 0.717) is 32.8 Å². The molecule has 0 spiro atoms. The SMILES string of the molecule is COc1ccc(-c2cc(NC(=O)c3ccc(C(C)(C)C)cc3)n(-c3cc(Cl)ccc3Cl)n2)cc1. The van der Waals surface area contributed by atoms with Crippen LogP contribution in [-0.2, 0) is 5.41 Å². The Morgan fingerprint density at radius 3 is 2.24 bits per heavy atom. The number of anilines is 1. The number of hydrogen-bond donors (Lipinski definition) is 1. The summed E-state index contributed by atoms with van der Waals surface area (Å²) in [7, 11) is 1.62. The molecule has 3 aromatic carbocycles. The van der Waals surface area contributed by atoms with E-state index in [4.69, 9.17) is 33.0 Å². The van der Waals surface area contributed by atoms with Crippen LogP contribution in [0.2, 0.25) is 10.0 Å². The van der Waals surface area contributed by atoms with E-state index >= 15 is 0 Å². The first kappa shape index (κ1) is 23.9. The minimum absolute atomic E-state index is 0.00418. The lowest BCUT2D eigenvalue weighted by molar-refractivity contribution is 0.102. The van der Waals surface area contributed by atoms with Crippen molar-refractivity contribution in [3.63, 3.8) is 0 Å². The fraction of sp³-hybridized carbons (Fsp3) is 0.185. The van der Waals surface area contributed by atoms with Crippen molar-refractivity contribution in [2.75, 3.05) is 12.4 Å². The Bertz CT molecular complexity index is 1320. The van der Waals surface area contributed by atoms with Crippen molar-refractivity contribution in [3.8, 4) is 22.7 Å². The molecule has 7 heteroatoms. The first-order valence-electron chi connectivity index (χ1n) is 10.8. The van der Waals surface area contributed by atoms with E-state index in [1.54, 1.807) is 36.1 Å². The zero-order valence-electron chi connectivity index (χ0n) is 19.4. The van der Waals surface area contributed by atoms with Crippen LogP contribution in [0.3, 0.4) is 0 Å². The van der Waals surface area contributed by atoms with Crippen LogP contribution >= 0.6 is 23.2 Å². The average molecular weight is 494 g/mol. The van der Waals surface area contributed by atoms with Gasteiger partial charge in [0.2, 0.25) is 0 Å². The van der Waals surface area contributed by atoms with Crippen LogP contribution in [0, 0.1) is 0 Å². The molecule has 1 N–H and O–H groups in total. The normalized spacial score (nSPS) is 11.4. The fourth-order valence-corrected chi connectivity index (χ4v) is 3.88. The highest BCUT2D eigenvalue weighted by Crippen LogP contribution is 2.31. The van der Waals surface area contributed by atoms with E-state index in [0.717, 1.165) is 16.9 Å². The second-order valence-corrected chi connectivity index (χ2v) is 9.78. The molecular weight excluding hydrogens is 469 g/mol. The van der Waals surface area contributed by atoms with Gasteiger partial charge in [-0.3, -0.25) is 4.79 Å². The van der Waals surface area contributed by atoms with Gasteiger partial charge in [0.05, 0.1) is 23.5 Å². The van der Waals surface area contributed by atoms with Gasteiger partial charge in [-0.15, -0.1) is 0 Å². The summed E-state index contributed by atoms with van der Waals surface area (Å²) in [5.74, 6) is 0.967. The number of halogens is 2. The summed E-state index contributed by atoms with van der Waals surface area (Å²) in [6.45, 7) is 6.40. The highest BCUT2D eigenvalue weighted by molar-refractivity contribution is 6.34. The van der Waals surface area contributed by atoms with Crippen LogP contribution in [0.4, 0.5) is 5.82 Å². The van der Waals surface area contributed by atoms with Crippen molar-refractivity contribution in [1.82, 2.24) is 9.78 Å². The third-order valence-electron chi connectivity index (χ3n) is 5.49. The van der Waals surface area contributed by atoms with Gasteiger partial charge < -0.3 is 10.1 Å². The maximum absolute atomic E-state index is 13.1. The number of nitrogens with one attached hydrogen (secondary N) is 1. The Hall–Kier alpha value is -3.28. The minimum atomic E-state index is -0.249. The quantitative estimate of drug-likeness (QED) is 0.314. The summed E-state index contributed by atoms with van der Waals surface area (Å²) < 4.78 is 6.84. The second-order valence-electron chi connectivity index (χ2n) is 8.93. The van der Waals surface area contributed by atoms with Crippen LogP contribution in [0.15, 0.2) is 72.8 Å². The number of methoxy groups -OCH3 is 1. The molecule has 0 aliphatic carbocycles. The summed E-state index contributed by atoms with van der Waals surface area (Å²) in [6, 6.07) is 22.0. The van der Waals surface area contributed by atoms with Crippen molar-refractivity contribution in [2.45, 2.75) is 26.2 Å². The van der Waals surface area contributed by atoms with E-state index in [-0.39, 0.29) is 11.3 Å². The van der Waals surface area contributed by atoms with Gasteiger partial charge in [-0.05, 0) is 65.6 Å². The molecule has 0 bridgehead atoms. The highest BCUT2D eigenvalue weighted by Gasteiger charge is 2.18. The van der Waals surface area contributed by atoms with Gasteiger partial charge in [-0.1, -0.05) is 56.1 Å². The molecule has 0 radical (unpaired) electrons. The Kier molecular flexibility index (Phi) is 6.69. The Morgan fingerprint density at radius 1 is 0.941 bits per heavy atom. The van der Waals surface area contributed by atoms with Crippen LogP contribution in [-0.4, -0.2) is 22.8 Å². The molecule has 0 aliphatic heterocycles. The predicted octanol–water partition coefficient (Wildman–Crippen LogP) is 7.40. The van der Waals surface area contributed by atoms with E-state index < -0.39 is 0 Å². The molecule has 0 atom stereocenters. The Morgan fingerprint density at radius 2 is 1.62 bits per heavy atom. The van der Waals surface area contributed by atoms with E-state index in [2.05, 4.69) is 26.1 Å². The highest BCUT2D eigenvalue weighted by atomic mass is 35.5. The van der Waals surface area contributed by atoms with E-state index in [1.165, 1.54) is 0 Å². The zero-order chi connectivity index (χ0) is 24.5. The molecule has 1 heterocycles. The van der Waals surface area contributed by atoms with Crippen molar-refractivity contribution in [3.05, 3.63) is 94.0 Å². The maximum Gasteiger partial charge on any atom is 0.256 e. The minimum Gasteiger partial charge on any atom is -0.497 e. The first-order valence-corrected chi connectivity index (χ1v) is 11.5. The molecule has 0 saturated carbocycles. The maximum atomic E-state index is 13.1. The van der Waals surface area contributed by atoms with Crippen molar-refractivity contribution < 1.29 is 9.53 Å². The molecule has 0 aliphatic rings. The largest absolute Gasteiger partial charge is 0.497 e. The van der Waals surface area contributed by atoms with Gasteiger partial charge in [0.1, 0.15) is 11.6 Å². The van der Waals surface area contributed by atoms with Crippen molar-refractivity contribution in [1.29, 1.82) is 0 Å². The number of carbonyl (C=O) groups excluding carboxylic acids is 1. The predicted molar refractivity (Wildman–Crippen MR) is 139 cm³/mol. The summed E-state index contributed by atoms with van der Waals surface area (Å²) in [6.07, 6.45) is 0. The molecule has 1 amide bonds. The molecule has 1 aromatic heterocycles. The number of rotatable bonds is 5. The van der Waals surface area contributed by atoms with Crippen molar-refractivity contribution in [2.24, 2.45) is 0 Å². The summed E-state index contributed by atoms with van der Waals surface area (Å²) >= 11 is 12.7. The number of carbonyl (C=O) groups is 1. The van der Waals surface area contributed by atoms with Gasteiger partial charge >= 0.3 is 0 Å². The van der Waals surface area contributed by atoms with Crippen LogP contribution in [0.5, 0.6) is 5.75 Å². The van der Waals surface area contributed by atoms with Gasteiger partial charge in [0.15, 0.2) is 0 Å². The number of ether oxygens (including phenoxy) is 1. The third kappa shape index (κ3) is 5.11. The van der Waals surface area contributed by atoms with Crippen molar-refractivity contribution >= 4 is 34.9 Å². The monoisotopic (exact) mass is 493 g/mol. The van der Waals surface area contributed by atoms with E-state index in [9.17, 15) is 4.79 Å². The van der Waals surface area contributed by atoms with Gasteiger partial charge in [-0.25, -0.2) is 4.68 Å². The Balaban J connectivity index is 1.73. The summed E-state index contributed by atoms with van der Waals surface area (Å²) in [5, 5.41) is 8.66. The molecule has 0 unspecified atom stereocenters. The standard InChI is InChI=1S/C27H25Cl2N3O2/c1-27(2,3)19-9-5-18(6-10-19)26(33)30-25-16-23(17-7-12-21(34-4)13-8-17)31-32(25)24-15-20(28)11-14-22(24)29/h5-16H,1-4H3,(H,30,33). The molecule has 34 heavy (non-hydrogen) atoms. The third-order valence-corrected chi connectivity index (χ3v) is 6.04. The smallest absolute Gasteiger partial charge is 0.256 e. The second kappa shape index (κ2) is 9.53. The molecule has 5 nitrogen and oxygen atoms in total. The fourth-order valence-electron chi connectivity index (χ4n) is 3.51. The number of aromatic nitrogens is 2. The number of amides is 1. The average Bonchev–Trinajstić information content (AvgIpc) is 3.23. The Labute approximate surface area is 209 Å². The number of benzene rings is 3. The van der Waals surface area contributed by atoms with E-state index in [1.807, 2.05) is 48.5 Å². The molecule has 4 aromatic rings. The first-order chi connectivity index (χ1) is 16.2. The lowest BCUT2D eigenvalue weighted by Gasteiger charge is -2.19. The lowest BCUT2D eigenvalue weighted by Crippen LogP contribution is -2.16. The molecular formula is C27H25Cl2N3O2. The molecule has 174 valence electrons. The van der Waals surface area contributed by atoms with Gasteiger partial charge in [0, 0.05) is 22.2 Å². The summed E-state index contributed by atoms with van der Waals surface area (Å²) in [5.41, 5.74) is 3.79. The van der Waals surface area contributed by atoms with Crippen LogP contribution in [0.1, 0.15) is 36.7 Å².